The number of H-pyrrole nitrogens is 1. The van der Waals surface area contributed by atoms with Gasteiger partial charge in [0.15, 0.2) is 0 Å². The number of carbonyl (C=O) groups is 1. The van der Waals surface area contributed by atoms with Crippen molar-refractivity contribution in [1.29, 1.82) is 0 Å². The summed E-state index contributed by atoms with van der Waals surface area (Å²) in [5.74, 6) is 0.681. The summed E-state index contributed by atoms with van der Waals surface area (Å²) < 4.78 is 6.03. The first-order chi connectivity index (χ1) is 13.5. The van der Waals surface area contributed by atoms with Crippen molar-refractivity contribution < 1.29 is 9.21 Å². The van der Waals surface area contributed by atoms with Gasteiger partial charge in [0, 0.05) is 23.4 Å². The number of aromatic amines is 1. The van der Waals surface area contributed by atoms with Gasteiger partial charge in [0.25, 0.3) is 5.56 Å². The topological polar surface area (TPSA) is 79.2 Å². The molecule has 2 heterocycles. The van der Waals surface area contributed by atoms with Crippen LogP contribution in [0, 0.1) is 13.8 Å². The van der Waals surface area contributed by atoms with E-state index in [0.717, 1.165) is 27.9 Å². The van der Waals surface area contributed by atoms with Crippen LogP contribution in [-0.2, 0) is 17.8 Å². The Kier molecular flexibility index (Phi) is 4.47. The lowest BCUT2D eigenvalue weighted by atomic mass is 10.1. The molecule has 0 spiro atoms. The van der Waals surface area contributed by atoms with Crippen LogP contribution in [0.1, 0.15) is 22.6 Å². The quantitative estimate of drug-likeness (QED) is 0.592. The van der Waals surface area contributed by atoms with Gasteiger partial charge in [-0.1, -0.05) is 36.4 Å². The van der Waals surface area contributed by atoms with Gasteiger partial charge < -0.3 is 9.32 Å². The molecule has 2 aromatic heterocycles. The first kappa shape index (κ1) is 18.0. The van der Waals surface area contributed by atoms with E-state index in [0.29, 0.717) is 23.0 Å². The van der Waals surface area contributed by atoms with Crippen LogP contribution in [0.4, 0.5) is 0 Å². The van der Waals surface area contributed by atoms with Gasteiger partial charge in [0.1, 0.15) is 11.3 Å². The summed E-state index contributed by atoms with van der Waals surface area (Å²) >= 11 is 0. The van der Waals surface area contributed by atoms with E-state index in [2.05, 4.69) is 10.2 Å². The molecule has 1 amide bonds. The van der Waals surface area contributed by atoms with Crippen molar-refractivity contribution in [2.45, 2.75) is 26.8 Å². The Morgan fingerprint density at radius 1 is 1.07 bits per heavy atom. The minimum atomic E-state index is -0.256. The largest absolute Gasteiger partial charge is 0.459 e. The second-order valence-corrected chi connectivity index (χ2v) is 7.07. The average Bonchev–Trinajstić information content (AvgIpc) is 3.01. The third-order valence-electron chi connectivity index (χ3n) is 5.16. The van der Waals surface area contributed by atoms with Gasteiger partial charge in [0.05, 0.1) is 24.0 Å². The molecule has 1 N–H and O–H groups in total. The number of nitrogens with zero attached hydrogens (tertiary/aromatic N) is 2. The van der Waals surface area contributed by atoms with Crippen molar-refractivity contribution in [2.75, 3.05) is 7.05 Å². The number of fused-ring (bicyclic) bond motifs is 2. The smallest absolute Gasteiger partial charge is 0.272 e. The second-order valence-electron chi connectivity index (χ2n) is 7.07. The standard InChI is InChI=1S/C22H21N3O3/c1-13-7-6-10-15-14(2)19(28-21(13)15)12-25(3)20(26)11-18-16-8-4-5-9-17(16)22(27)24-23-18/h4-10H,11-12H2,1-3H3,(H,24,27). The molecule has 0 saturated carbocycles. The number of rotatable bonds is 4. The summed E-state index contributed by atoms with van der Waals surface area (Å²) in [6.07, 6.45) is 0.103. The maximum absolute atomic E-state index is 12.8. The number of carbonyl (C=O) groups excluding carboxylic acids is 1. The van der Waals surface area contributed by atoms with E-state index in [1.807, 2.05) is 44.2 Å². The molecule has 28 heavy (non-hydrogen) atoms. The van der Waals surface area contributed by atoms with Crippen molar-refractivity contribution in [3.8, 4) is 0 Å². The Morgan fingerprint density at radius 2 is 1.79 bits per heavy atom. The molecule has 0 bridgehead atoms. The van der Waals surface area contributed by atoms with Crippen molar-refractivity contribution in [1.82, 2.24) is 15.1 Å². The molecule has 0 aliphatic heterocycles. The van der Waals surface area contributed by atoms with Gasteiger partial charge in [-0.25, -0.2) is 5.10 Å². The Morgan fingerprint density at radius 3 is 2.54 bits per heavy atom. The molecule has 0 saturated heterocycles. The lowest BCUT2D eigenvalue weighted by Gasteiger charge is -2.16. The lowest BCUT2D eigenvalue weighted by Crippen LogP contribution is -2.28. The number of nitrogens with one attached hydrogen (secondary N) is 1. The normalized spacial score (nSPS) is 11.2. The van der Waals surface area contributed by atoms with Gasteiger partial charge in [-0.15, -0.1) is 0 Å². The number of hydrogen-bond donors (Lipinski definition) is 1. The maximum Gasteiger partial charge on any atom is 0.272 e. The second kappa shape index (κ2) is 6.96. The zero-order valence-corrected chi connectivity index (χ0v) is 16.1. The first-order valence-corrected chi connectivity index (χ1v) is 9.13. The van der Waals surface area contributed by atoms with E-state index in [4.69, 9.17) is 4.42 Å². The minimum Gasteiger partial charge on any atom is -0.459 e. The zero-order valence-electron chi connectivity index (χ0n) is 16.1. The minimum absolute atomic E-state index is 0.0960. The van der Waals surface area contributed by atoms with Crippen LogP contribution in [0.15, 0.2) is 51.7 Å². The van der Waals surface area contributed by atoms with Gasteiger partial charge in [-0.3, -0.25) is 9.59 Å². The SMILES string of the molecule is Cc1c(CN(C)C(=O)Cc2n[nH]c(=O)c3ccccc23)oc2c(C)cccc12. The number of likely N-dealkylation sites (N-methyl/N-ethyl adjacent to an activating group) is 1. The van der Waals surface area contributed by atoms with Crippen molar-refractivity contribution in [3.63, 3.8) is 0 Å². The lowest BCUT2D eigenvalue weighted by molar-refractivity contribution is -0.129. The molecule has 2 aromatic carbocycles. The van der Waals surface area contributed by atoms with Gasteiger partial charge in [-0.05, 0) is 25.5 Å². The number of benzene rings is 2. The van der Waals surface area contributed by atoms with Crippen LogP contribution < -0.4 is 5.56 Å². The molecule has 4 rings (SSSR count). The fourth-order valence-corrected chi connectivity index (χ4v) is 3.47. The summed E-state index contributed by atoms with van der Waals surface area (Å²) in [5.41, 5.74) is 3.29. The third-order valence-corrected chi connectivity index (χ3v) is 5.16. The van der Waals surface area contributed by atoms with Crippen molar-refractivity contribution >= 4 is 27.6 Å². The van der Waals surface area contributed by atoms with Crippen LogP contribution >= 0.6 is 0 Å². The number of aromatic nitrogens is 2. The third kappa shape index (κ3) is 3.07. The summed E-state index contributed by atoms with van der Waals surface area (Å²) in [6.45, 7) is 4.40. The van der Waals surface area contributed by atoms with Crippen LogP contribution in [0.2, 0.25) is 0 Å². The van der Waals surface area contributed by atoms with Crippen LogP contribution in [0.25, 0.3) is 21.7 Å². The van der Waals surface area contributed by atoms with E-state index >= 15 is 0 Å². The Hall–Kier alpha value is -3.41. The van der Waals surface area contributed by atoms with Gasteiger partial charge >= 0.3 is 0 Å². The predicted octanol–water partition coefficient (Wildman–Crippen LogP) is 3.49. The molecule has 0 unspecified atom stereocenters. The highest BCUT2D eigenvalue weighted by Crippen LogP contribution is 2.28. The molecule has 4 aromatic rings. The number of amides is 1. The molecule has 0 aliphatic rings. The van der Waals surface area contributed by atoms with Crippen LogP contribution in [0.5, 0.6) is 0 Å². The van der Waals surface area contributed by atoms with Crippen molar-refractivity contribution in [2.24, 2.45) is 0 Å². The highest BCUT2D eigenvalue weighted by Gasteiger charge is 2.18. The molecule has 142 valence electrons. The van der Waals surface area contributed by atoms with E-state index in [-0.39, 0.29) is 17.9 Å². The summed E-state index contributed by atoms with van der Waals surface area (Å²) in [7, 11) is 1.75. The Balaban J connectivity index is 1.58. The first-order valence-electron chi connectivity index (χ1n) is 9.13. The van der Waals surface area contributed by atoms with Crippen molar-refractivity contribution in [3.05, 3.63) is 75.4 Å². The maximum atomic E-state index is 12.8. The average molecular weight is 375 g/mol. The summed E-state index contributed by atoms with van der Waals surface area (Å²) in [4.78, 5) is 26.3. The molecule has 6 heteroatoms. The predicted molar refractivity (Wildman–Crippen MR) is 108 cm³/mol. The highest BCUT2D eigenvalue weighted by molar-refractivity contribution is 5.88. The molecule has 6 nitrogen and oxygen atoms in total. The van der Waals surface area contributed by atoms with E-state index in [1.54, 1.807) is 24.1 Å². The van der Waals surface area contributed by atoms with E-state index in [9.17, 15) is 9.59 Å². The fourth-order valence-electron chi connectivity index (χ4n) is 3.47. The number of hydrogen-bond acceptors (Lipinski definition) is 4. The Bertz CT molecular complexity index is 1250. The monoisotopic (exact) mass is 375 g/mol. The summed E-state index contributed by atoms with van der Waals surface area (Å²) in [5, 5.41) is 8.87. The number of para-hydroxylation sites is 1. The molecular formula is C22H21N3O3. The number of aryl methyl sites for hydroxylation is 2. The highest BCUT2D eigenvalue weighted by atomic mass is 16.3. The molecule has 0 fully saturated rings. The Labute approximate surface area is 161 Å². The molecule has 0 atom stereocenters. The van der Waals surface area contributed by atoms with Crippen LogP contribution in [-0.4, -0.2) is 28.1 Å². The van der Waals surface area contributed by atoms with Crippen LogP contribution in [0.3, 0.4) is 0 Å². The molecule has 0 radical (unpaired) electrons. The van der Waals surface area contributed by atoms with Gasteiger partial charge in [-0.2, -0.15) is 5.10 Å². The fraction of sp³-hybridized carbons (Fsp3) is 0.227. The molecular weight excluding hydrogens is 354 g/mol. The molecule has 0 aliphatic carbocycles. The summed E-state index contributed by atoms with van der Waals surface area (Å²) in [6, 6.07) is 13.2. The van der Waals surface area contributed by atoms with E-state index in [1.165, 1.54) is 0 Å². The number of furan rings is 1. The van der Waals surface area contributed by atoms with Gasteiger partial charge in [0.2, 0.25) is 5.91 Å². The zero-order chi connectivity index (χ0) is 19.8. The van der Waals surface area contributed by atoms with E-state index < -0.39 is 0 Å².